The molecule has 8 nitrogen and oxygen atoms in total. The van der Waals surface area contributed by atoms with Crippen LogP contribution in [0.25, 0.3) is 22.8 Å². The number of aryl methyl sites for hydroxylation is 1. The van der Waals surface area contributed by atoms with E-state index in [0.717, 1.165) is 11.1 Å². The molecule has 34 heavy (non-hydrogen) atoms. The van der Waals surface area contributed by atoms with Crippen molar-refractivity contribution in [2.24, 2.45) is 0 Å². The SMILES string of the molecule is Cc1ccc(-c2nc(-c3ccc(CC(NC(=O)c4ccnc(Cl)c4)OC=O)cc3F)no2)cc1. The molecular formula is C24H18ClFN4O4. The first-order chi connectivity index (χ1) is 16.4. The molecule has 0 aliphatic rings. The summed E-state index contributed by atoms with van der Waals surface area (Å²) in [4.78, 5) is 31.4. The van der Waals surface area contributed by atoms with Gasteiger partial charge in [0.05, 0.1) is 5.56 Å². The maximum absolute atomic E-state index is 14.9. The third kappa shape index (κ3) is 5.44. The Labute approximate surface area is 198 Å². The number of amides is 1. The minimum Gasteiger partial charge on any atom is -0.444 e. The highest BCUT2D eigenvalue weighted by atomic mass is 35.5. The normalized spacial score (nSPS) is 11.6. The van der Waals surface area contributed by atoms with Crippen molar-refractivity contribution in [2.45, 2.75) is 19.6 Å². The lowest BCUT2D eigenvalue weighted by molar-refractivity contribution is -0.134. The molecule has 1 N–H and O–H groups in total. The van der Waals surface area contributed by atoms with Gasteiger partial charge in [0, 0.05) is 23.7 Å². The average molecular weight is 481 g/mol. The molecule has 1 atom stereocenters. The summed E-state index contributed by atoms with van der Waals surface area (Å²) in [5, 5.41) is 6.58. The standard InChI is InChI=1S/C24H18ClFN4O4/c1-14-2-5-16(6-3-14)24-29-22(30-34-24)18-7-4-15(10-19(18)26)11-21(33-13-31)28-23(32)17-8-9-27-20(25)12-17/h2-10,12-13,21H,11H2,1H3,(H,28,32). The molecule has 0 saturated heterocycles. The Balaban J connectivity index is 1.49. The lowest BCUT2D eigenvalue weighted by atomic mass is 10.1. The van der Waals surface area contributed by atoms with Gasteiger partial charge in [-0.1, -0.05) is 40.5 Å². The summed E-state index contributed by atoms with van der Waals surface area (Å²) in [5.41, 5.74) is 2.67. The molecule has 0 bridgehead atoms. The molecule has 2 heterocycles. The van der Waals surface area contributed by atoms with Gasteiger partial charge in [0.25, 0.3) is 18.3 Å². The Morgan fingerprint density at radius 1 is 1.21 bits per heavy atom. The third-order valence-corrected chi connectivity index (χ3v) is 5.13. The fourth-order valence-electron chi connectivity index (χ4n) is 3.20. The van der Waals surface area contributed by atoms with Crippen molar-refractivity contribution in [2.75, 3.05) is 0 Å². The molecule has 0 aliphatic carbocycles. The highest BCUT2D eigenvalue weighted by molar-refractivity contribution is 6.29. The van der Waals surface area contributed by atoms with Crippen LogP contribution in [-0.2, 0) is 16.0 Å². The quantitative estimate of drug-likeness (QED) is 0.226. The zero-order chi connectivity index (χ0) is 24.1. The van der Waals surface area contributed by atoms with Crippen molar-refractivity contribution in [1.82, 2.24) is 20.4 Å². The molecule has 4 rings (SSSR count). The van der Waals surface area contributed by atoms with E-state index in [4.69, 9.17) is 20.9 Å². The Hall–Kier alpha value is -4.11. The monoisotopic (exact) mass is 480 g/mol. The van der Waals surface area contributed by atoms with Gasteiger partial charge in [-0.2, -0.15) is 4.98 Å². The molecule has 4 aromatic rings. The van der Waals surface area contributed by atoms with Crippen LogP contribution in [0.15, 0.2) is 65.3 Å². The predicted molar refractivity (Wildman–Crippen MR) is 121 cm³/mol. The number of nitrogens with zero attached hydrogens (tertiary/aromatic N) is 3. The van der Waals surface area contributed by atoms with Crippen LogP contribution in [0.2, 0.25) is 5.15 Å². The van der Waals surface area contributed by atoms with Crippen LogP contribution in [-0.4, -0.2) is 33.7 Å². The largest absolute Gasteiger partial charge is 0.444 e. The predicted octanol–water partition coefficient (Wildman–Crippen LogP) is 4.37. The first-order valence-electron chi connectivity index (χ1n) is 10.1. The maximum Gasteiger partial charge on any atom is 0.295 e. The van der Waals surface area contributed by atoms with Gasteiger partial charge in [-0.3, -0.25) is 9.59 Å². The Kier molecular flexibility index (Phi) is 6.93. The van der Waals surface area contributed by atoms with E-state index in [1.54, 1.807) is 6.07 Å². The van der Waals surface area contributed by atoms with Crippen LogP contribution in [0.5, 0.6) is 0 Å². The fraction of sp³-hybridized carbons (Fsp3) is 0.125. The molecule has 0 spiro atoms. The molecular weight excluding hydrogens is 463 g/mol. The maximum atomic E-state index is 14.9. The molecule has 0 radical (unpaired) electrons. The van der Waals surface area contributed by atoms with Gasteiger partial charge in [0.2, 0.25) is 5.82 Å². The first kappa shape index (κ1) is 23.1. The van der Waals surface area contributed by atoms with Gasteiger partial charge in [0.15, 0.2) is 6.23 Å². The number of ether oxygens (including phenoxy) is 1. The second-order valence-corrected chi connectivity index (χ2v) is 7.76. The molecule has 0 aliphatic heterocycles. The van der Waals surface area contributed by atoms with Crippen molar-refractivity contribution < 1.29 is 23.2 Å². The topological polar surface area (TPSA) is 107 Å². The smallest absolute Gasteiger partial charge is 0.295 e. The Bertz CT molecular complexity index is 1330. The number of aromatic nitrogens is 3. The van der Waals surface area contributed by atoms with Crippen LogP contribution in [0.3, 0.4) is 0 Å². The highest BCUT2D eigenvalue weighted by Crippen LogP contribution is 2.25. The van der Waals surface area contributed by atoms with Crippen molar-refractivity contribution in [3.05, 3.63) is 88.5 Å². The summed E-state index contributed by atoms with van der Waals surface area (Å²) >= 11 is 5.80. The lowest BCUT2D eigenvalue weighted by Crippen LogP contribution is -2.38. The fourth-order valence-corrected chi connectivity index (χ4v) is 3.37. The van der Waals surface area contributed by atoms with Crippen molar-refractivity contribution in [3.63, 3.8) is 0 Å². The van der Waals surface area contributed by atoms with E-state index in [2.05, 4.69) is 20.4 Å². The van der Waals surface area contributed by atoms with Gasteiger partial charge in [0.1, 0.15) is 11.0 Å². The lowest BCUT2D eigenvalue weighted by Gasteiger charge is -2.17. The summed E-state index contributed by atoms with van der Waals surface area (Å²) in [6.45, 7) is 2.17. The average Bonchev–Trinajstić information content (AvgIpc) is 3.29. The summed E-state index contributed by atoms with van der Waals surface area (Å²) in [5.74, 6) is -0.741. The summed E-state index contributed by atoms with van der Waals surface area (Å²) < 4.78 is 25.1. The molecule has 172 valence electrons. The molecule has 2 aromatic heterocycles. The van der Waals surface area contributed by atoms with E-state index in [0.29, 0.717) is 5.56 Å². The second-order valence-electron chi connectivity index (χ2n) is 7.37. The second kappa shape index (κ2) is 10.2. The number of nitrogens with one attached hydrogen (secondary N) is 1. The summed E-state index contributed by atoms with van der Waals surface area (Å²) in [6.07, 6.45) is 0.380. The number of benzene rings is 2. The third-order valence-electron chi connectivity index (χ3n) is 4.92. The van der Waals surface area contributed by atoms with Crippen molar-refractivity contribution in [1.29, 1.82) is 0 Å². The van der Waals surface area contributed by atoms with Crippen molar-refractivity contribution in [3.8, 4) is 22.8 Å². The Morgan fingerprint density at radius 3 is 2.71 bits per heavy atom. The van der Waals surface area contributed by atoms with E-state index >= 15 is 0 Å². The number of carbonyl (C=O) groups excluding carboxylic acids is 2. The first-order valence-corrected chi connectivity index (χ1v) is 10.5. The van der Waals surface area contributed by atoms with Gasteiger partial charge in [-0.25, -0.2) is 9.37 Å². The van der Waals surface area contributed by atoms with Gasteiger partial charge in [-0.15, -0.1) is 0 Å². The van der Waals surface area contributed by atoms with Crippen LogP contribution in [0, 0.1) is 12.7 Å². The minimum atomic E-state index is -1.03. The molecule has 2 aromatic carbocycles. The molecule has 1 unspecified atom stereocenters. The summed E-state index contributed by atoms with van der Waals surface area (Å²) in [7, 11) is 0. The van der Waals surface area contributed by atoms with Crippen LogP contribution in [0.4, 0.5) is 4.39 Å². The number of halogens is 2. The van der Waals surface area contributed by atoms with E-state index < -0.39 is 18.0 Å². The number of carbonyl (C=O) groups is 2. The van der Waals surface area contributed by atoms with E-state index in [-0.39, 0.29) is 40.9 Å². The molecule has 0 saturated carbocycles. The summed E-state index contributed by atoms with van der Waals surface area (Å²) in [6, 6.07) is 14.7. The van der Waals surface area contributed by atoms with Crippen molar-refractivity contribution >= 4 is 24.0 Å². The molecule has 10 heteroatoms. The highest BCUT2D eigenvalue weighted by Gasteiger charge is 2.19. The zero-order valence-electron chi connectivity index (χ0n) is 17.9. The Morgan fingerprint density at radius 2 is 2.00 bits per heavy atom. The van der Waals surface area contributed by atoms with Crippen LogP contribution in [0.1, 0.15) is 21.5 Å². The van der Waals surface area contributed by atoms with Gasteiger partial charge >= 0.3 is 0 Å². The van der Waals surface area contributed by atoms with Crippen LogP contribution >= 0.6 is 11.6 Å². The molecule has 0 fully saturated rings. The van der Waals surface area contributed by atoms with Crippen LogP contribution < -0.4 is 5.32 Å². The number of hydrogen-bond acceptors (Lipinski definition) is 7. The van der Waals surface area contributed by atoms with Gasteiger partial charge < -0.3 is 14.6 Å². The number of hydrogen-bond donors (Lipinski definition) is 1. The van der Waals surface area contributed by atoms with E-state index in [9.17, 15) is 14.0 Å². The number of pyridine rings is 1. The zero-order valence-corrected chi connectivity index (χ0v) is 18.6. The number of rotatable bonds is 8. The van der Waals surface area contributed by atoms with E-state index in [1.165, 1.54) is 30.5 Å². The van der Waals surface area contributed by atoms with Gasteiger partial charge in [-0.05, 0) is 48.9 Å². The molecule has 1 amide bonds. The minimum absolute atomic E-state index is 0.0291. The van der Waals surface area contributed by atoms with E-state index in [1.807, 2.05) is 31.2 Å².